The summed E-state index contributed by atoms with van der Waals surface area (Å²) in [5.41, 5.74) is 0. The van der Waals surface area contributed by atoms with Crippen LogP contribution in [0.15, 0.2) is 12.2 Å². The van der Waals surface area contributed by atoms with Crippen molar-refractivity contribution in [1.82, 2.24) is 0 Å². The van der Waals surface area contributed by atoms with Crippen LogP contribution in [-0.2, 0) is 0 Å². The molecule has 0 aromatic carbocycles. The third-order valence-corrected chi connectivity index (χ3v) is 2.46. The first-order chi connectivity index (χ1) is 4.70. The van der Waals surface area contributed by atoms with E-state index in [0.29, 0.717) is 5.92 Å². The average molecular weight is 125 g/mol. The van der Waals surface area contributed by atoms with Crippen LogP contribution in [0.1, 0.15) is 20.6 Å². The Morgan fingerprint density at radius 2 is 2.33 bits per heavy atom. The molecule has 0 unspecified atom stereocenters. The van der Waals surface area contributed by atoms with Crippen LogP contribution >= 0.6 is 0 Å². The van der Waals surface area contributed by atoms with Gasteiger partial charge in [0.2, 0.25) is 0 Å². The van der Waals surface area contributed by atoms with Crippen molar-refractivity contribution in [2.45, 2.75) is 25.3 Å². The Kier molecular flexibility index (Phi) is 0.922. The minimum atomic E-state index is -1.23. The van der Waals surface area contributed by atoms with E-state index in [1.165, 1.54) is 12.8 Å². The summed E-state index contributed by atoms with van der Waals surface area (Å²) in [4.78, 5) is 0. The molecule has 0 heterocycles. The molecule has 2 aliphatic rings. The first-order valence-corrected chi connectivity index (χ1v) is 3.62. The van der Waals surface area contributed by atoms with Crippen molar-refractivity contribution in [2.24, 2.45) is 11.8 Å². The van der Waals surface area contributed by atoms with Gasteiger partial charge in [0.15, 0.2) is 0 Å². The summed E-state index contributed by atoms with van der Waals surface area (Å²) in [5, 5.41) is 9.44. The lowest BCUT2D eigenvalue weighted by Gasteiger charge is -2.11. The standard InChI is InChI=1S/C8H12O/c9-8-5-4-6-2-1-3-7(6)8/h4-9H,1-3H2/t6-,7-,8+/m1/s1/i8D. The van der Waals surface area contributed by atoms with Gasteiger partial charge in [-0.3, -0.25) is 0 Å². The molecule has 1 N–H and O–H groups in total. The van der Waals surface area contributed by atoms with Crippen LogP contribution in [0.2, 0.25) is 0 Å². The molecule has 1 saturated carbocycles. The monoisotopic (exact) mass is 125 g/mol. The number of fused-ring (bicyclic) bond motifs is 1. The number of hydrogen-bond donors (Lipinski definition) is 1. The Bertz CT molecular complexity index is 174. The van der Waals surface area contributed by atoms with Crippen molar-refractivity contribution in [1.29, 1.82) is 0 Å². The lowest BCUT2D eigenvalue weighted by Crippen LogP contribution is -2.14. The maximum absolute atomic E-state index is 9.44. The van der Waals surface area contributed by atoms with Crippen molar-refractivity contribution >= 4 is 0 Å². The normalized spacial score (nSPS) is 57.7. The molecule has 0 aromatic rings. The summed E-state index contributed by atoms with van der Waals surface area (Å²) in [6.07, 6.45) is 5.79. The van der Waals surface area contributed by atoms with Gasteiger partial charge in [0, 0.05) is 0 Å². The molecule has 2 rings (SSSR count). The Labute approximate surface area is 56.8 Å². The van der Waals surface area contributed by atoms with Gasteiger partial charge in [-0.2, -0.15) is 0 Å². The van der Waals surface area contributed by atoms with Crippen molar-refractivity contribution in [3.05, 3.63) is 12.2 Å². The Hall–Kier alpha value is -0.300. The Morgan fingerprint density at radius 3 is 3.11 bits per heavy atom. The van der Waals surface area contributed by atoms with E-state index in [1.54, 1.807) is 6.08 Å². The predicted molar refractivity (Wildman–Crippen MR) is 36.0 cm³/mol. The first-order valence-electron chi connectivity index (χ1n) is 4.12. The third kappa shape index (κ3) is 0.715. The molecular weight excluding hydrogens is 112 g/mol. The zero-order chi connectivity index (χ0) is 7.19. The molecule has 9 heavy (non-hydrogen) atoms. The Balaban J connectivity index is 2.23. The second-order valence-electron chi connectivity index (χ2n) is 2.99. The molecule has 0 aliphatic heterocycles. The molecule has 0 aromatic heterocycles. The number of rotatable bonds is 0. The second kappa shape index (κ2) is 1.84. The minimum absolute atomic E-state index is 0.201. The van der Waals surface area contributed by atoms with Gasteiger partial charge in [0.25, 0.3) is 0 Å². The summed E-state index contributed by atoms with van der Waals surface area (Å²) in [6.45, 7) is 0. The molecule has 50 valence electrons. The SMILES string of the molecule is [2H][C@]1(O)C=C[C@H]2CCC[C@H]21. The zero-order valence-corrected chi connectivity index (χ0v) is 5.38. The van der Waals surface area contributed by atoms with E-state index in [1.807, 2.05) is 6.08 Å². The van der Waals surface area contributed by atoms with Gasteiger partial charge >= 0.3 is 0 Å². The van der Waals surface area contributed by atoms with Gasteiger partial charge in [0.1, 0.15) is 0 Å². The molecule has 2 aliphatic carbocycles. The molecular formula is C8H12O. The van der Waals surface area contributed by atoms with Crippen LogP contribution < -0.4 is 0 Å². The van der Waals surface area contributed by atoms with E-state index >= 15 is 0 Å². The summed E-state index contributed by atoms with van der Waals surface area (Å²) >= 11 is 0. The second-order valence-corrected chi connectivity index (χ2v) is 2.99. The van der Waals surface area contributed by atoms with E-state index in [-0.39, 0.29) is 5.92 Å². The summed E-state index contributed by atoms with van der Waals surface area (Å²) in [5.74, 6) is 0.704. The van der Waals surface area contributed by atoms with Crippen LogP contribution in [0.5, 0.6) is 0 Å². The topological polar surface area (TPSA) is 20.2 Å². The highest BCUT2D eigenvalue weighted by molar-refractivity contribution is 5.09. The lowest BCUT2D eigenvalue weighted by atomic mass is 9.98. The number of aliphatic hydroxyl groups is 1. The smallest absolute Gasteiger partial charge is 0.0754 e. The Morgan fingerprint density at radius 1 is 1.44 bits per heavy atom. The van der Waals surface area contributed by atoms with E-state index < -0.39 is 6.08 Å². The van der Waals surface area contributed by atoms with Crippen molar-refractivity contribution in [2.75, 3.05) is 0 Å². The van der Waals surface area contributed by atoms with Crippen molar-refractivity contribution < 1.29 is 6.48 Å². The van der Waals surface area contributed by atoms with Gasteiger partial charge in [-0.1, -0.05) is 18.6 Å². The van der Waals surface area contributed by atoms with E-state index in [4.69, 9.17) is 1.37 Å². The van der Waals surface area contributed by atoms with E-state index in [2.05, 4.69) is 0 Å². The highest BCUT2D eigenvalue weighted by Crippen LogP contribution is 2.39. The molecule has 1 nitrogen and oxygen atoms in total. The van der Waals surface area contributed by atoms with Gasteiger partial charge in [-0.25, -0.2) is 0 Å². The molecule has 0 radical (unpaired) electrons. The van der Waals surface area contributed by atoms with Crippen LogP contribution in [0.25, 0.3) is 0 Å². The zero-order valence-electron chi connectivity index (χ0n) is 6.38. The van der Waals surface area contributed by atoms with Gasteiger partial charge in [0.05, 0.1) is 7.45 Å². The van der Waals surface area contributed by atoms with Gasteiger partial charge < -0.3 is 5.11 Å². The minimum Gasteiger partial charge on any atom is -0.389 e. The fourth-order valence-corrected chi connectivity index (χ4v) is 1.93. The summed E-state index contributed by atoms with van der Waals surface area (Å²) in [6, 6.07) is 0. The highest BCUT2D eigenvalue weighted by atomic mass is 16.3. The summed E-state index contributed by atoms with van der Waals surface area (Å²) < 4.78 is 7.48. The lowest BCUT2D eigenvalue weighted by molar-refractivity contribution is 0.154. The largest absolute Gasteiger partial charge is 0.389 e. The molecule has 0 saturated heterocycles. The van der Waals surface area contributed by atoms with Crippen LogP contribution in [0.3, 0.4) is 0 Å². The third-order valence-electron chi connectivity index (χ3n) is 2.46. The van der Waals surface area contributed by atoms with Gasteiger partial charge in [-0.15, -0.1) is 0 Å². The molecule has 1 fully saturated rings. The molecule has 3 atom stereocenters. The van der Waals surface area contributed by atoms with Crippen LogP contribution in [-0.4, -0.2) is 11.2 Å². The van der Waals surface area contributed by atoms with Crippen LogP contribution in [0.4, 0.5) is 0 Å². The fraction of sp³-hybridized carbons (Fsp3) is 0.750. The van der Waals surface area contributed by atoms with Gasteiger partial charge in [-0.05, 0) is 24.7 Å². The van der Waals surface area contributed by atoms with E-state index in [0.717, 1.165) is 6.42 Å². The average Bonchev–Trinajstić information content (AvgIpc) is 2.36. The predicted octanol–water partition coefficient (Wildman–Crippen LogP) is 1.33. The van der Waals surface area contributed by atoms with Crippen molar-refractivity contribution in [3.8, 4) is 0 Å². The molecule has 0 amide bonds. The molecule has 1 heteroatoms. The first kappa shape index (κ1) is 4.51. The molecule has 0 bridgehead atoms. The van der Waals surface area contributed by atoms with Crippen LogP contribution in [0, 0.1) is 11.8 Å². The number of allylic oxidation sites excluding steroid dienone is 1. The fourth-order valence-electron chi connectivity index (χ4n) is 1.93. The maximum atomic E-state index is 9.44. The highest BCUT2D eigenvalue weighted by Gasteiger charge is 2.33. The molecule has 0 spiro atoms. The quantitative estimate of drug-likeness (QED) is 0.484. The summed E-state index contributed by atoms with van der Waals surface area (Å²) in [7, 11) is 0. The van der Waals surface area contributed by atoms with Crippen molar-refractivity contribution in [3.63, 3.8) is 0 Å². The number of hydrogen-bond acceptors (Lipinski definition) is 1. The van der Waals surface area contributed by atoms with E-state index in [9.17, 15) is 5.11 Å². The maximum Gasteiger partial charge on any atom is 0.0754 e.